The van der Waals surface area contributed by atoms with Crippen LogP contribution in [-0.4, -0.2) is 30.6 Å². The van der Waals surface area contributed by atoms with E-state index in [1.165, 1.54) is 22.4 Å². The zero-order chi connectivity index (χ0) is 13.9. The standard InChI is InChI=1S/C18H20N2/c1-13-10-16-15-8-4-6-14-7-5-9-20(17(14)15)12-18(16,2)19(3)11-13/h4,6-10,13H,11-12H2,1-3H3/t13-,18-/m1/s1. The molecule has 2 heteroatoms. The van der Waals surface area contributed by atoms with Gasteiger partial charge in [-0.3, -0.25) is 4.90 Å². The van der Waals surface area contributed by atoms with Crippen molar-refractivity contribution in [1.82, 2.24) is 4.90 Å². The smallest absolute Gasteiger partial charge is 0.0614 e. The Morgan fingerprint density at radius 3 is 3.05 bits per heavy atom. The lowest BCUT2D eigenvalue weighted by molar-refractivity contribution is 0.172. The molecule has 2 nitrogen and oxygen atoms in total. The van der Waals surface area contributed by atoms with E-state index in [1.54, 1.807) is 0 Å². The lowest BCUT2D eigenvalue weighted by Crippen LogP contribution is -2.57. The highest BCUT2D eigenvalue weighted by molar-refractivity contribution is 5.91. The van der Waals surface area contributed by atoms with E-state index >= 15 is 0 Å². The quantitative estimate of drug-likeness (QED) is 0.663. The normalized spacial score (nSPS) is 30.9. The maximum absolute atomic E-state index is 3.28. The zero-order valence-electron chi connectivity index (χ0n) is 12.4. The van der Waals surface area contributed by atoms with Crippen LogP contribution >= 0.6 is 0 Å². The van der Waals surface area contributed by atoms with Gasteiger partial charge < -0.3 is 4.90 Å². The number of anilines is 1. The van der Waals surface area contributed by atoms with Crippen LogP contribution in [0.15, 0.2) is 36.2 Å². The molecule has 0 amide bonds. The van der Waals surface area contributed by atoms with Gasteiger partial charge in [-0.1, -0.05) is 31.2 Å². The van der Waals surface area contributed by atoms with Crippen LogP contribution in [-0.2, 0) is 0 Å². The average Bonchev–Trinajstić information content (AvgIpc) is 2.42. The molecule has 3 aliphatic heterocycles. The monoisotopic (exact) mass is 264 g/mol. The Balaban J connectivity index is 2.01. The third-order valence-electron chi connectivity index (χ3n) is 5.03. The molecule has 0 spiro atoms. The summed E-state index contributed by atoms with van der Waals surface area (Å²) in [5.41, 5.74) is 8.90. The first kappa shape index (κ1) is 12.0. The fraction of sp³-hybridized carbons (Fsp3) is 0.389. The Kier molecular flexibility index (Phi) is 2.33. The van der Waals surface area contributed by atoms with Crippen LogP contribution < -0.4 is 4.90 Å². The third kappa shape index (κ3) is 1.44. The highest BCUT2D eigenvalue weighted by atomic mass is 15.3. The molecule has 2 atom stereocenters. The van der Waals surface area contributed by atoms with Crippen molar-refractivity contribution < 1.29 is 0 Å². The van der Waals surface area contributed by atoms with E-state index in [9.17, 15) is 0 Å². The SMILES string of the molecule is C[C@@H]1C=C2c3cccc4c3N(C=C=C4)C[C@@]2(C)N(C)C1. The van der Waals surface area contributed by atoms with Crippen molar-refractivity contribution in [3.63, 3.8) is 0 Å². The summed E-state index contributed by atoms with van der Waals surface area (Å²) in [5.74, 6) is 0.611. The Labute approximate surface area is 120 Å². The van der Waals surface area contributed by atoms with Crippen molar-refractivity contribution in [1.29, 1.82) is 0 Å². The summed E-state index contributed by atoms with van der Waals surface area (Å²) < 4.78 is 0. The van der Waals surface area contributed by atoms with Crippen molar-refractivity contribution in [2.75, 3.05) is 25.0 Å². The Morgan fingerprint density at radius 1 is 1.35 bits per heavy atom. The number of hydrogen-bond donors (Lipinski definition) is 0. The summed E-state index contributed by atoms with van der Waals surface area (Å²) >= 11 is 0. The van der Waals surface area contributed by atoms with Gasteiger partial charge in [0.25, 0.3) is 0 Å². The number of para-hydroxylation sites is 1. The minimum Gasteiger partial charge on any atom is -0.338 e. The highest BCUT2D eigenvalue weighted by Gasteiger charge is 2.44. The summed E-state index contributed by atoms with van der Waals surface area (Å²) in [6.07, 6.45) is 6.67. The molecular formula is C18H20N2. The van der Waals surface area contributed by atoms with Crippen LogP contribution in [0.5, 0.6) is 0 Å². The van der Waals surface area contributed by atoms with Crippen LogP contribution in [0.4, 0.5) is 5.69 Å². The molecule has 0 aliphatic carbocycles. The molecule has 3 aliphatic rings. The van der Waals surface area contributed by atoms with Gasteiger partial charge in [-0.05, 0) is 31.5 Å². The van der Waals surface area contributed by atoms with E-state index in [0.717, 1.165) is 13.1 Å². The van der Waals surface area contributed by atoms with Crippen molar-refractivity contribution in [3.05, 3.63) is 47.3 Å². The fourth-order valence-corrected chi connectivity index (χ4v) is 3.90. The summed E-state index contributed by atoms with van der Waals surface area (Å²) in [6.45, 7) is 6.81. The fourth-order valence-electron chi connectivity index (χ4n) is 3.90. The predicted octanol–water partition coefficient (Wildman–Crippen LogP) is 3.37. The summed E-state index contributed by atoms with van der Waals surface area (Å²) in [5, 5.41) is 0. The van der Waals surface area contributed by atoms with Gasteiger partial charge in [0.2, 0.25) is 0 Å². The van der Waals surface area contributed by atoms with Gasteiger partial charge in [-0.2, -0.15) is 0 Å². The van der Waals surface area contributed by atoms with Gasteiger partial charge in [0.15, 0.2) is 0 Å². The van der Waals surface area contributed by atoms with Gasteiger partial charge in [-0.25, -0.2) is 0 Å². The number of fused-ring (bicyclic) bond motifs is 2. The maximum Gasteiger partial charge on any atom is 0.0614 e. The van der Waals surface area contributed by atoms with E-state index in [-0.39, 0.29) is 5.54 Å². The topological polar surface area (TPSA) is 6.48 Å². The zero-order valence-corrected chi connectivity index (χ0v) is 12.4. The second kappa shape index (κ2) is 3.88. The van der Waals surface area contributed by atoms with Crippen molar-refractivity contribution in [3.8, 4) is 0 Å². The van der Waals surface area contributed by atoms with Crippen LogP contribution in [0.2, 0.25) is 0 Å². The highest BCUT2D eigenvalue weighted by Crippen LogP contribution is 2.47. The predicted molar refractivity (Wildman–Crippen MR) is 84.5 cm³/mol. The number of hydrogen-bond acceptors (Lipinski definition) is 2. The number of rotatable bonds is 0. The van der Waals surface area contributed by atoms with E-state index in [0.29, 0.717) is 5.92 Å². The maximum atomic E-state index is 3.28. The van der Waals surface area contributed by atoms with Crippen LogP contribution in [0.1, 0.15) is 25.0 Å². The minimum absolute atomic E-state index is 0.0909. The molecule has 1 aromatic rings. The second-order valence-electron chi connectivity index (χ2n) is 6.52. The van der Waals surface area contributed by atoms with Gasteiger partial charge in [-0.15, -0.1) is 5.73 Å². The van der Waals surface area contributed by atoms with E-state index in [2.05, 4.69) is 73.0 Å². The Morgan fingerprint density at radius 2 is 2.20 bits per heavy atom. The first-order chi connectivity index (χ1) is 9.59. The second-order valence-corrected chi connectivity index (χ2v) is 6.52. The van der Waals surface area contributed by atoms with Crippen LogP contribution in [0, 0.1) is 5.92 Å². The molecule has 0 saturated heterocycles. The van der Waals surface area contributed by atoms with Gasteiger partial charge in [0.05, 0.1) is 11.2 Å². The van der Waals surface area contributed by atoms with Crippen LogP contribution in [0.3, 0.4) is 0 Å². The van der Waals surface area contributed by atoms with Gasteiger partial charge in [0.1, 0.15) is 0 Å². The molecule has 0 bridgehead atoms. The van der Waals surface area contributed by atoms with Gasteiger partial charge >= 0.3 is 0 Å². The average molecular weight is 264 g/mol. The molecule has 0 saturated carbocycles. The molecule has 4 rings (SSSR count). The minimum atomic E-state index is 0.0909. The first-order valence-corrected chi connectivity index (χ1v) is 7.36. The lowest BCUT2D eigenvalue weighted by atomic mass is 9.75. The number of likely N-dealkylation sites (N-methyl/N-ethyl adjacent to an activating group) is 1. The number of nitrogens with zero attached hydrogens (tertiary/aromatic N) is 2. The molecule has 3 heterocycles. The largest absolute Gasteiger partial charge is 0.338 e. The molecule has 0 aromatic heterocycles. The Hall–Kier alpha value is -1.76. The summed E-state index contributed by atoms with van der Waals surface area (Å²) in [6, 6.07) is 6.63. The van der Waals surface area contributed by atoms with Crippen molar-refractivity contribution in [2.24, 2.45) is 5.92 Å². The van der Waals surface area contributed by atoms with Crippen molar-refractivity contribution >= 4 is 17.3 Å². The van der Waals surface area contributed by atoms with Crippen LogP contribution in [0.25, 0.3) is 11.6 Å². The van der Waals surface area contributed by atoms with Gasteiger partial charge in [0, 0.05) is 30.4 Å². The molecular weight excluding hydrogens is 244 g/mol. The first-order valence-electron chi connectivity index (χ1n) is 7.36. The Bertz CT molecular complexity index is 679. The van der Waals surface area contributed by atoms with Crippen molar-refractivity contribution in [2.45, 2.75) is 19.4 Å². The number of benzene rings is 1. The molecule has 0 fully saturated rings. The summed E-state index contributed by atoms with van der Waals surface area (Å²) in [7, 11) is 2.25. The molecule has 0 radical (unpaired) electrons. The van der Waals surface area contributed by atoms with E-state index in [4.69, 9.17) is 0 Å². The van der Waals surface area contributed by atoms with E-state index < -0.39 is 0 Å². The molecule has 20 heavy (non-hydrogen) atoms. The third-order valence-corrected chi connectivity index (χ3v) is 5.03. The van der Waals surface area contributed by atoms with E-state index in [1.807, 2.05) is 0 Å². The molecule has 0 N–H and O–H groups in total. The molecule has 1 aromatic carbocycles. The molecule has 102 valence electrons. The summed E-state index contributed by atoms with van der Waals surface area (Å²) in [4.78, 5) is 4.88. The lowest BCUT2D eigenvalue weighted by Gasteiger charge is -2.52. The molecule has 0 unspecified atom stereocenters.